The molecule has 1 aromatic carbocycles. The number of nitro groups is 1. The lowest BCUT2D eigenvalue weighted by molar-refractivity contribution is -0.384. The van der Waals surface area contributed by atoms with Gasteiger partial charge in [0, 0.05) is 17.7 Å². The van der Waals surface area contributed by atoms with E-state index in [0.717, 1.165) is 12.8 Å². The summed E-state index contributed by atoms with van der Waals surface area (Å²) in [7, 11) is 0. The van der Waals surface area contributed by atoms with Crippen LogP contribution in [0.3, 0.4) is 0 Å². The van der Waals surface area contributed by atoms with Gasteiger partial charge in [-0.05, 0) is 37.8 Å². The minimum atomic E-state index is -0.493. The second-order valence-electron chi connectivity index (χ2n) is 4.80. The molecule has 2 N–H and O–H groups in total. The van der Waals surface area contributed by atoms with E-state index in [0.29, 0.717) is 24.8 Å². The summed E-state index contributed by atoms with van der Waals surface area (Å²) < 4.78 is 0. The maximum atomic E-state index is 11.0. The number of aliphatic hydroxyl groups excluding tert-OH is 1. The Labute approximate surface area is 110 Å². The zero-order chi connectivity index (χ0) is 13.8. The van der Waals surface area contributed by atoms with E-state index < -0.39 is 4.92 Å². The van der Waals surface area contributed by atoms with Crippen molar-refractivity contribution < 1.29 is 14.8 Å². The Morgan fingerprint density at radius 1 is 1.32 bits per heavy atom. The number of anilines is 1. The van der Waals surface area contributed by atoms with Crippen LogP contribution in [0.1, 0.15) is 36.0 Å². The fourth-order valence-electron chi connectivity index (χ4n) is 2.34. The summed E-state index contributed by atoms with van der Waals surface area (Å²) in [5.41, 5.74) is 0.629. The molecule has 0 unspecified atom stereocenters. The van der Waals surface area contributed by atoms with Crippen molar-refractivity contribution in [2.45, 2.75) is 37.8 Å². The molecule has 1 aliphatic rings. The largest absolute Gasteiger partial charge is 0.393 e. The molecule has 102 valence electrons. The van der Waals surface area contributed by atoms with Crippen LogP contribution in [-0.4, -0.2) is 28.5 Å². The maximum absolute atomic E-state index is 11.0. The van der Waals surface area contributed by atoms with Crippen molar-refractivity contribution in [2.75, 3.05) is 5.32 Å². The standard InChI is InChI=1S/C13H16N2O4/c16-8-9-1-6-12(13(7-9)15(18)19)14-10-2-4-11(17)5-3-10/h1,6-8,10-11,14,17H,2-5H2. The van der Waals surface area contributed by atoms with Crippen molar-refractivity contribution in [1.29, 1.82) is 0 Å². The maximum Gasteiger partial charge on any atom is 0.293 e. The van der Waals surface area contributed by atoms with E-state index in [4.69, 9.17) is 0 Å². The number of nitrogens with one attached hydrogen (secondary N) is 1. The number of nitrogens with zero attached hydrogens (tertiary/aromatic N) is 1. The molecule has 0 atom stereocenters. The minimum Gasteiger partial charge on any atom is -0.393 e. The molecule has 0 aliphatic heterocycles. The van der Waals surface area contributed by atoms with Crippen molar-refractivity contribution in [3.63, 3.8) is 0 Å². The monoisotopic (exact) mass is 264 g/mol. The van der Waals surface area contributed by atoms with E-state index in [1.54, 1.807) is 12.1 Å². The molecule has 0 radical (unpaired) electrons. The number of hydrogen-bond donors (Lipinski definition) is 2. The number of aliphatic hydroxyl groups is 1. The molecule has 6 nitrogen and oxygen atoms in total. The number of benzene rings is 1. The van der Waals surface area contributed by atoms with Crippen LogP contribution in [0.5, 0.6) is 0 Å². The van der Waals surface area contributed by atoms with E-state index in [9.17, 15) is 20.0 Å². The van der Waals surface area contributed by atoms with Crippen LogP contribution in [-0.2, 0) is 0 Å². The molecule has 6 heteroatoms. The first-order chi connectivity index (χ1) is 9.10. The van der Waals surface area contributed by atoms with Crippen LogP contribution in [0.4, 0.5) is 11.4 Å². The van der Waals surface area contributed by atoms with Gasteiger partial charge in [-0.25, -0.2) is 0 Å². The van der Waals surface area contributed by atoms with Crippen LogP contribution >= 0.6 is 0 Å². The molecule has 0 bridgehead atoms. The van der Waals surface area contributed by atoms with E-state index in [1.165, 1.54) is 6.07 Å². The third kappa shape index (κ3) is 3.29. The Morgan fingerprint density at radius 3 is 2.58 bits per heavy atom. The van der Waals surface area contributed by atoms with E-state index in [1.807, 2.05) is 0 Å². The highest BCUT2D eigenvalue weighted by molar-refractivity contribution is 5.79. The van der Waals surface area contributed by atoms with Crippen molar-refractivity contribution in [2.24, 2.45) is 0 Å². The summed E-state index contributed by atoms with van der Waals surface area (Å²) in [5.74, 6) is 0. The fourth-order valence-corrected chi connectivity index (χ4v) is 2.34. The summed E-state index contributed by atoms with van der Waals surface area (Å²) >= 11 is 0. The molecule has 0 amide bonds. The van der Waals surface area contributed by atoms with Gasteiger partial charge < -0.3 is 10.4 Å². The Kier molecular flexibility index (Phi) is 4.11. The molecule has 0 aromatic heterocycles. The van der Waals surface area contributed by atoms with Crippen LogP contribution < -0.4 is 5.32 Å². The molecule has 19 heavy (non-hydrogen) atoms. The van der Waals surface area contributed by atoms with Gasteiger partial charge in [0.25, 0.3) is 5.69 Å². The van der Waals surface area contributed by atoms with Gasteiger partial charge in [0.05, 0.1) is 11.0 Å². The van der Waals surface area contributed by atoms with E-state index in [2.05, 4.69) is 5.32 Å². The SMILES string of the molecule is O=Cc1ccc(NC2CCC(O)CC2)c([N+](=O)[O-])c1. The van der Waals surface area contributed by atoms with Gasteiger partial charge in [0.2, 0.25) is 0 Å². The molecule has 2 rings (SSSR count). The lowest BCUT2D eigenvalue weighted by Crippen LogP contribution is -2.28. The first-order valence-corrected chi connectivity index (χ1v) is 6.28. The van der Waals surface area contributed by atoms with Crippen molar-refractivity contribution >= 4 is 17.7 Å². The van der Waals surface area contributed by atoms with Gasteiger partial charge in [0.1, 0.15) is 12.0 Å². The Morgan fingerprint density at radius 2 is 2.00 bits per heavy atom. The Balaban J connectivity index is 2.15. The first-order valence-electron chi connectivity index (χ1n) is 6.28. The summed E-state index contributed by atoms with van der Waals surface area (Å²) in [6.07, 6.45) is 3.32. The normalized spacial score (nSPS) is 22.8. The van der Waals surface area contributed by atoms with E-state index in [-0.39, 0.29) is 23.4 Å². The average Bonchev–Trinajstić information content (AvgIpc) is 2.41. The third-order valence-corrected chi connectivity index (χ3v) is 3.41. The highest BCUT2D eigenvalue weighted by Crippen LogP contribution is 2.29. The van der Waals surface area contributed by atoms with Gasteiger partial charge in [-0.2, -0.15) is 0 Å². The number of nitro benzene ring substituents is 1. The Bertz CT molecular complexity index is 482. The number of aldehydes is 1. The van der Waals surface area contributed by atoms with Crippen LogP contribution in [0.25, 0.3) is 0 Å². The smallest absolute Gasteiger partial charge is 0.293 e. The summed E-state index contributed by atoms with van der Waals surface area (Å²) in [5, 5.41) is 23.6. The summed E-state index contributed by atoms with van der Waals surface area (Å²) in [4.78, 5) is 21.1. The van der Waals surface area contributed by atoms with Gasteiger partial charge in [0.15, 0.2) is 0 Å². The molecular weight excluding hydrogens is 248 g/mol. The van der Waals surface area contributed by atoms with Crippen LogP contribution in [0, 0.1) is 10.1 Å². The minimum absolute atomic E-state index is 0.0873. The topological polar surface area (TPSA) is 92.5 Å². The Hall–Kier alpha value is -1.95. The summed E-state index contributed by atoms with van der Waals surface area (Å²) in [6, 6.07) is 4.52. The van der Waals surface area contributed by atoms with Crippen molar-refractivity contribution in [3.8, 4) is 0 Å². The first kappa shape index (κ1) is 13.5. The zero-order valence-electron chi connectivity index (χ0n) is 10.4. The molecule has 0 saturated heterocycles. The quantitative estimate of drug-likeness (QED) is 0.493. The third-order valence-electron chi connectivity index (χ3n) is 3.41. The van der Waals surface area contributed by atoms with Crippen molar-refractivity contribution in [3.05, 3.63) is 33.9 Å². The van der Waals surface area contributed by atoms with Gasteiger partial charge in [-0.15, -0.1) is 0 Å². The predicted octanol–water partition coefficient (Wildman–Crippen LogP) is 2.12. The molecule has 1 fully saturated rings. The molecule has 0 heterocycles. The van der Waals surface area contributed by atoms with Crippen LogP contribution in [0.15, 0.2) is 18.2 Å². The highest BCUT2D eigenvalue weighted by atomic mass is 16.6. The van der Waals surface area contributed by atoms with Gasteiger partial charge >= 0.3 is 0 Å². The van der Waals surface area contributed by atoms with Crippen molar-refractivity contribution in [1.82, 2.24) is 0 Å². The summed E-state index contributed by atoms with van der Waals surface area (Å²) in [6.45, 7) is 0. The molecular formula is C13H16N2O4. The lowest BCUT2D eigenvalue weighted by Gasteiger charge is -2.26. The molecule has 1 aliphatic carbocycles. The van der Waals surface area contributed by atoms with Crippen LogP contribution in [0.2, 0.25) is 0 Å². The lowest BCUT2D eigenvalue weighted by atomic mass is 9.93. The average molecular weight is 264 g/mol. The molecule has 1 saturated carbocycles. The highest BCUT2D eigenvalue weighted by Gasteiger charge is 2.22. The van der Waals surface area contributed by atoms with Gasteiger partial charge in [-0.3, -0.25) is 14.9 Å². The molecule has 1 aromatic rings. The number of carbonyl (C=O) groups excluding carboxylic acids is 1. The van der Waals surface area contributed by atoms with E-state index >= 15 is 0 Å². The number of rotatable bonds is 4. The zero-order valence-corrected chi connectivity index (χ0v) is 10.4. The fraction of sp³-hybridized carbons (Fsp3) is 0.462. The number of hydrogen-bond acceptors (Lipinski definition) is 5. The number of carbonyl (C=O) groups is 1. The molecule has 0 spiro atoms. The van der Waals surface area contributed by atoms with Gasteiger partial charge in [-0.1, -0.05) is 0 Å². The second kappa shape index (κ2) is 5.79. The second-order valence-corrected chi connectivity index (χ2v) is 4.80. The predicted molar refractivity (Wildman–Crippen MR) is 70.4 cm³/mol.